The molecule has 0 aliphatic heterocycles. The van der Waals surface area contributed by atoms with E-state index in [4.69, 9.17) is 23.8 Å². The molecule has 2 nitrogen and oxygen atoms in total. The van der Waals surface area contributed by atoms with E-state index < -0.39 is 0 Å². The number of fused-ring (bicyclic) bond motifs is 2. The molecule has 0 aromatic heterocycles. The van der Waals surface area contributed by atoms with Gasteiger partial charge in [0.25, 0.3) is 0 Å². The van der Waals surface area contributed by atoms with Crippen molar-refractivity contribution in [2.45, 2.75) is 38.6 Å². The molecule has 0 saturated heterocycles. The summed E-state index contributed by atoms with van der Waals surface area (Å²) >= 11 is 11.5. The van der Waals surface area contributed by atoms with Crippen LogP contribution in [0.4, 0.5) is 5.69 Å². The van der Waals surface area contributed by atoms with E-state index in [1.807, 2.05) is 24.3 Å². The number of hydrogen-bond acceptors (Lipinski definition) is 1. The van der Waals surface area contributed by atoms with Crippen molar-refractivity contribution in [2.24, 2.45) is 17.8 Å². The minimum absolute atomic E-state index is 0.438. The number of hydrogen-bond donors (Lipinski definition) is 2. The molecule has 0 spiro atoms. The number of benzene rings is 1. The minimum atomic E-state index is 0.438. The maximum absolute atomic E-state index is 6.13. The van der Waals surface area contributed by atoms with E-state index in [0.29, 0.717) is 16.2 Å². The predicted molar refractivity (Wildman–Crippen MR) is 89.2 cm³/mol. The second kappa shape index (κ2) is 5.90. The molecule has 1 aromatic carbocycles. The average molecular weight is 309 g/mol. The standard InChI is InChI=1S/C16H21ClN2S/c1-10(13-9-11-6-7-12(13)8-11)18-16(20)19-15-5-3-2-4-14(15)17/h2-5,10-13H,6-9H2,1H3,(H2,18,19,20)/t10-,11-,12-,13+/m0/s1. The van der Waals surface area contributed by atoms with Crippen LogP contribution in [-0.4, -0.2) is 11.2 Å². The topological polar surface area (TPSA) is 24.1 Å². The van der Waals surface area contributed by atoms with Crippen LogP contribution in [-0.2, 0) is 0 Å². The van der Waals surface area contributed by atoms with Gasteiger partial charge in [0.1, 0.15) is 0 Å². The van der Waals surface area contributed by atoms with Crippen LogP contribution >= 0.6 is 23.8 Å². The fourth-order valence-electron chi connectivity index (χ4n) is 3.94. The Morgan fingerprint density at radius 2 is 2.10 bits per heavy atom. The first-order chi connectivity index (χ1) is 9.63. The first kappa shape index (κ1) is 14.2. The SMILES string of the molecule is C[C@H](NC(=S)Nc1ccccc1Cl)[C@H]1C[C@H]2CC[C@H]1C2. The van der Waals surface area contributed by atoms with Crippen molar-refractivity contribution in [1.29, 1.82) is 0 Å². The summed E-state index contributed by atoms with van der Waals surface area (Å²) in [4.78, 5) is 0. The van der Waals surface area contributed by atoms with Crippen LogP contribution in [0.5, 0.6) is 0 Å². The summed E-state index contributed by atoms with van der Waals surface area (Å²) in [5.74, 6) is 2.66. The van der Waals surface area contributed by atoms with Gasteiger partial charge in [0.2, 0.25) is 0 Å². The molecule has 2 fully saturated rings. The van der Waals surface area contributed by atoms with Crippen LogP contribution in [0.1, 0.15) is 32.6 Å². The Balaban J connectivity index is 1.55. The van der Waals surface area contributed by atoms with Crippen molar-refractivity contribution in [3.05, 3.63) is 29.3 Å². The molecule has 0 amide bonds. The molecule has 2 aliphatic carbocycles. The van der Waals surface area contributed by atoms with E-state index in [2.05, 4.69) is 17.6 Å². The third kappa shape index (κ3) is 2.94. The molecule has 108 valence electrons. The molecule has 4 heteroatoms. The second-order valence-corrected chi connectivity index (χ2v) is 7.02. The predicted octanol–water partition coefficient (Wildman–Crippen LogP) is 4.45. The van der Waals surface area contributed by atoms with Gasteiger partial charge in [-0.05, 0) is 68.3 Å². The molecule has 0 heterocycles. The molecule has 2 bridgehead atoms. The molecule has 0 unspecified atom stereocenters. The fraction of sp³-hybridized carbons (Fsp3) is 0.562. The Morgan fingerprint density at radius 1 is 1.30 bits per heavy atom. The highest BCUT2D eigenvalue weighted by molar-refractivity contribution is 7.80. The maximum atomic E-state index is 6.13. The summed E-state index contributed by atoms with van der Waals surface area (Å²) in [7, 11) is 0. The molecule has 1 aromatic rings. The van der Waals surface area contributed by atoms with Crippen LogP contribution in [0, 0.1) is 17.8 Å². The summed E-state index contributed by atoms with van der Waals surface area (Å²) in [5.41, 5.74) is 0.867. The lowest BCUT2D eigenvalue weighted by Gasteiger charge is -2.29. The quantitative estimate of drug-likeness (QED) is 0.807. The number of nitrogens with one attached hydrogen (secondary N) is 2. The van der Waals surface area contributed by atoms with Crippen LogP contribution in [0.25, 0.3) is 0 Å². The minimum Gasteiger partial charge on any atom is -0.360 e. The van der Waals surface area contributed by atoms with Gasteiger partial charge in [0, 0.05) is 6.04 Å². The van der Waals surface area contributed by atoms with Crippen molar-refractivity contribution >= 4 is 34.6 Å². The van der Waals surface area contributed by atoms with Crippen LogP contribution < -0.4 is 10.6 Å². The molecular formula is C16H21ClN2S. The zero-order valence-electron chi connectivity index (χ0n) is 11.7. The average Bonchev–Trinajstić information content (AvgIpc) is 3.03. The first-order valence-electron chi connectivity index (χ1n) is 7.45. The zero-order valence-corrected chi connectivity index (χ0v) is 13.3. The van der Waals surface area contributed by atoms with E-state index in [0.717, 1.165) is 23.4 Å². The fourth-order valence-corrected chi connectivity index (χ4v) is 4.42. The Bertz CT molecular complexity index is 505. The van der Waals surface area contributed by atoms with Gasteiger partial charge >= 0.3 is 0 Å². The Hall–Kier alpha value is -0.800. The highest BCUT2D eigenvalue weighted by Gasteiger charge is 2.41. The van der Waals surface area contributed by atoms with Crippen molar-refractivity contribution in [1.82, 2.24) is 5.32 Å². The van der Waals surface area contributed by atoms with Gasteiger partial charge in [-0.2, -0.15) is 0 Å². The van der Waals surface area contributed by atoms with Gasteiger partial charge in [-0.25, -0.2) is 0 Å². The Kier molecular flexibility index (Phi) is 4.18. The van der Waals surface area contributed by atoms with E-state index in [9.17, 15) is 0 Å². The van der Waals surface area contributed by atoms with Gasteiger partial charge in [-0.15, -0.1) is 0 Å². The Morgan fingerprint density at radius 3 is 2.75 bits per heavy atom. The van der Waals surface area contributed by atoms with Crippen LogP contribution in [0.3, 0.4) is 0 Å². The van der Waals surface area contributed by atoms with Crippen LogP contribution in [0.15, 0.2) is 24.3 Å². The number of halogens is 1. The third-order valence-electron chi connectivity index (χ3n) is 4.92. The molecule has 2 N–H and O–H groups in total. The molecule has 3 rings (SSSR count). The van der Waals surface area contributed by atoms with Gasteiger partial charge in [0.05, 0.1) is 10.7 Å². The lowest BCUT2D eigenvalue weighted by atomic mass is 9.84. The lowest BCUT2D eigenvalue weighted by Crippen LogP contribution is -2.42. The van der Waals surface area contributed by atoms with Gasteiger partial charge in [0.15, 0.2) is 5.11 Å². The molecular weight excluding hydrogens is 288 g/mol. The lowest BCUT2D eigenvalue weighted by molar-refractivity contribution is 0.279. The second-order valence-electron chi connectivity index (χ2n) is 6.21. The van der Waals surface area contributed by atoms with Gasteiger partial charge < -0.3 is 10.6 Å². The smallest absolute Gasteiger partial charge is 0.171 e. The zero-order chi connectivity index (χ0) is 14.1. The summed E-state index contributed by atoms with van der Waals surface area (Å²) < 4.78 is 0. The van der Waals surface area contributed by atoms with Crippen molar-refractivity contribution in [2.75, 3.05) is 5.32 Å². The number of anilines is 1. The van der Waals surface area contributed by atoms with Gasteiger partial charge in [-0.3, -0.25) is 0 Å². The van der Waals surface area contributed by atoms with Crippen molar-refractivity contribution in [3.8, 4) is 0 Å². The van der Waals surface area contributed by atoms with Gasteiger partial charge in [-0.1, -0.05) is 30.2 Å². The summed E-state index contributed by atoms with van der Waals surface area (Å²) in [6, 6.07) is 8.12. The highest BCUT2D eigenvalue weighted by Crippen LogP contribution is 2.49. The third-order valence-corrected chi connectivity index (χ3v) is 5.47. The first-order valence-corrected chi connectivity index (χ1v) is 8.24. The highest BCUT2D eigenvalue weighted by atomic mass is 35.5. The normalized spacial score (nSPS) is 29.2. The van der Waals surface area contributed by atoms with E-state index >= 15 is 0 Å². The maximum Gasteiger partial charge on any atom is 0.171 e. The largest absolute Gasteiger partial charge is 0.360 e. The van der Waals surface area contributed by atoms with E-state index in [1.165, 1.54) is 25.7 Å². The van der Waals surface area contributed by atoms with Crippen molar-refractivity contribution in [3.63, 3.8) is 0 Å². The van der Waals surface area contributed by atoms with Crippen molar-refractivity contribution < 1.29 is 0 Å². The number of rotatable bonds is 3. The molecule has 0 radical (unpaired) electrons. The monoisotopic (exact) mass is 308 g/mol. The molecule has 20 heavy (non-hydrogen) atoms. The van der Waals surface area contributed by atoms with E-state index in [-0.39, 0.29) is 0 Å². The summed E-state index contributed by atoms with van der Waals surface area (Å²) in [6.07, 6.45) is 5.65. The number of para-hydroxylation sites is 1. The summed E-state index contributed by atoms with van der Waals surface area (Å²) in [6.45, 7) is 2.26. The number of thiocarbonyl (C=S) groups is 1. The van der Waals surface area contributed by atoms with E-state index in [1.54, 1.807) is 0 Å². The molecule has 2 aliphatic rings. The summed E-state index contributed by atoms with van der Waals surface area (Å²) in [5, 5.41) is 8.01. The Labute approximate surface area is 131 Å². The molecule has 4 atom stereocenters. The molecule has 2 saturated carbocycles. The van der Waals surface area contributed by atoms with Crippen LogP contribution in [0.2, 0.25) is 5.02 Å².